The van der Waals surface area contributed by atoms with Gasteiger partial charge in [-0.1, -0.05) is 30.3 Å². The molecule has 94 valence electrons. The van der Waals surface area contributed by atoms with Crippen molar-refractivity contribution >= 4 is 15.9 Å². The molecular formula is C13H10BrF2NO. The first-order valence-electron chi connectivity index (χ1n) is 5.29. The molecule has 0 aliphatic rings. The molecule has 1 aromatic heterocycles. The van der Waals surface area contributed by atoms with Crippen LogP contribution in [0, 0.1) is 0 Å². The van der Waals surface area contributed by atoms with E-state index in [4.69, 9.17) is 0 Å². The summed E-state index contributed by atoms with van der Waals surface area (Å²) in [7, 11) is 0. The Kier molecular flexibility index (Phi) is 3.61. The maximum Gasteiger partial charge on any atom is 0.290 e. The molecule has 0 fully saturated rings. The van der Waals surface area contributed by atoms with Crippen molar-refractivity contribution in [3.63, 3.8) is 0 Å². The summed E-state index contributed by atoms with van der Waals surface area (Å²) in [5.74, 6) is -3.08. The van der Waals surface area contributed by atoms with Crippen molar-refractivity contribution in [1.82, 2.24) is 4.57 Å². The van der Waals surface area contributed by atoms with Gasteiger partial charge in [0.1, 0.15) is 0 Å². The SMILES string of the molecule is O=c1c(Br)cccn1CC(F)(F)c1ccccc1. The number of hydrogen-bond donors (Lipinski definition) is 0. The van der Waals surface area contributed by atoms with Crippen LogP contribution in [0.3, 0.4) is 0 Å². The van der Waals surface area contributed by atoms with E-state index >= 15 is 0 Å². The lowest BCUT2D eigenvalue weighted by Crippen LogP contribution is -2.29. The van der Waals surface area contributed by atoms with Gasteiger partial charge in [0.05, 0.1) is 11.0 Å². The Bertz CT molecular complexity index is 595. The Morgan fingerprint density at radius 3 is 2.44 bits per heavy atom. The van der Waals surface area contributed by atoms with Gasteiger partial charge < -0.3 is 4.57 Å². The molecule has 18 heavy (non-hydrogen) atoms. The largest absolute Gasteiger partial charge is 0.308 e. The van der Waals surface area contributed by atoms with Crippen LogP contribution in [-0.4, -0.2) is 4.57 Å². The summed E-state index contributed by atoms with van der Waals surface area (Å²) in [5, 5.41) is 0. The minimum absolute atomic E-state index is 0.100. The smallest absolute Gasteiger partial charge is 0.290 e. The van der Waals surface area contributed by atoms with E-state index in [2.05, 4.69) is 15.9 Å². The van der Waals surface area contributed by atoms with Crippen molar-refractivity contribution in [3.8, 4) is 0 Å². The predicted molar refractivity (Wildman–Crippen MR) is 68.7 cm³/mol. The van der Waals surface area contributed by atoms with Crippen LogP contribution in [-0.2, 0) is 12.5 Å². The first kappa shape index (κ1) is 13.0. The zero-order chi connectivity index (χ0) is 13.2. The summed E-state index contributed by atoms with van der Waals surface area (Å²) in [6, 6.07) is 10.5. The lowest BCUT2D eigenvalue weighted by Gasteiger charge is -2.18. The van der Waals surface area contributed by atoms with E-state index in [1.54, 1.807) is 24.3 Å². The lowest BCUT2D eigenvalue weighted by molar-refractivity contribution is -0.0232. The van der Waals surface area contributed by atoms with E-state index in [1.165, 1.54) is 24.4 Å². The zero-order valence-corrected chi connectivity index (χ0v) is 10.9. The van der Waals surface area contributed by atoms with Crippen molar-refractivity contribution < 1.29 is 8.78 Å². The average Bonchev–Trinajstić information content (AvgIpc) is 2.36. The molecule has 0 bridgehead atoms. The normalized spacial score (nSPS) is 11.5. The second-order valence-corrected chi connectivity index (χ2v) is 4.71. The molecule has 2 nitrogen and oxygen atoms in total. The van der Waals surface area contributed by atoms with Crippen molar-refractivity contribution in [3.05, 3.63) is 69.1 Å². The number of hydrogen-bond acceptors (Lipinski definition) is 1. The van der Waals surface area contributed by atoms with E-state index in [1.807, 2.05) is 0 Å². The van der Waals surface area contributed by atoms with E-state index in [-0.39, 0.29) is 10.0 Å². The van der Waals surface area contributed by atoms with Crippen molar-refractivity contribution in [2.24, 2.45) is 0 Å². The standard InChI is InChI=1S/C13H10BrF2NO/c14-11-7-4-8-17(12(11)18)9-13(15,16)10-5-2-1-3-6-10/h1-8H,9H2. The Balaban J connectivity index is 2.34. The third-order valence-electron chi connectivity index (χ3n) is 2.54. The highest BCUT2D eigenvalue weighted by atomic mass is 79.9. The molecule has 1 aromatic carbocycles. The van der Waals surface area contributed by atoms with Crippen molar-refractivity contribution in [2.45, 2.75) is 12.5 Å². The lowest BCUT2D eigenvalue weighted by atomic mass is 10.1. The summed E-state index contributed by atoms with van der Waals surface area (Å²) in [6.45, 7) is -0.671. The van der Waals surface area contributed by atoms with Crippen molar-refractivity contribution in [2.75, 3.05) is 0 Å². The van der Waals surface area contributed by atoms with Gasteiger partial charge in [0.15, 0.2) is 0 Å². The average molecular weight is 314 g/mol. The third-order valence-corrected chi connectivity index (χ3v) is 3.14. The zero-order valence-electron chi connectivity index (χ0n) is 9.32. The van der Waals surface area contributed by atoms with Crippen LogP contribution in [0.25, 0.3) is 0 Å². The van der Waals surface area contributed by atoms with Crippen LogP contribution < -0.4 is 5.56 Å². The van der Waals surface area contributed by atoms with Crippen LogP contribution in [0.2, 0.25) is 0 Å². The molecule has 1 heterocycles. The highest BCUT2D eigenvalue weighted by molar-refractivity contribution is 9.10. The summed E-state index contributed by atoms with van der Waals surface area (Å²) in [5.41, 5.74) is -0.565. The van der Waals surface area contributed by atoms with Crippen LogP contribution in [0.5, 0.6) is 0 Å². The number of aromatic nitrogens is 1. The fraction of sp³-hybridized carbons (Fsp3) is 0.154. The first-order valence-corrected chi connectivity index (χ1v) is 6.08. The molecule has 0 N–H and O–H groups in total. The van der Waals surface area contributed by atoms with Gasteiger partial charge in [0, 0.05) is 11.8 Å². The van der Waals surface area contributed by atoms with Gasteiger partial charge in [-0.15, -0.1) is 0 Å². The molecule has 0 radical (unpaired) electrons. The Morgan fingerprint density at radius 1 is 1.11 bits per heavy atom. The molecule has 0 atom stereocenters. The Hall–Kier alpha value is -1.49. The second-order valence-electron chi connectivity index (χ2n) is 3.86. The number of halogens is 3. The fourth-order valence-electron chi connectivity index (χ4n) is 1.62. The Labute approximate surface area is 111 Å². The summed E-state index contributed by atoms with van der Waals surface area (Å²) >= 11 is 3.03. The van der Waals surface area contributed by atoms with Crippen LogP contribution in [0.1, 0.15) is 5.56 Å². The molecule has 0 aliphatic carbocycles. The molecule has 0 aliphatic heterocycles. The first-order chi connectivity index (χ1) is 8.50. The molecule has 2 aromatic rings. The van der Waals surface area contributed by atoms with Gasteiger partial charge in [-0.05, 0) is 28.1 Å². The van der Waals surface area contributed by atoms with Crippen LogP contribution in [0.15, 0.2) is 57.9 Å². The minimum Gasteiger partial charge on any atom is -0.308 e. The molecule has 2 rings (SSSR count). The molecule has 0 saturated heterocycles. The number of alkyl halides is 2. The number of rotatable bonds is 3. The van der Waals surface area contributed by atoms with E-state index in [0.29, 0.717) is 0 Å². The van der Waals surface area contributed by atoms with Gasteiger partial charge in [0.25, 0.3) is 11.5 Å². The molecule has 0 unspecified atom stereocenters. The molecule has 0 saturated carbocycles. The Morgan fingerprint density at radius 2 is 1.78 bits per heavy atom. The van der Waals surface area contributed by atoms with Gasteiger partial charge in [0.2, 0.25) is 0 Å². The summed E-state index contributed by atoms with van der Waals surface area (Å²) < 4.78 is 29.2. The van der Waals surface area contributed by atoms with E-state index in [9.17, 15) is 13.6 Å². The molecule has 5 heteroatoms. The molecule has 0 spiro atoms. The summed E-state index contributed by atoms with van der Waals surface area (Å²) in [4.78, 5) is 11.7. The maximum atomic E-state index is 14.0. The highest BCUT2D eigenvalue weighted by Crippen LogP contribution is 2.29. The fourth-order valence-corrected chi connectivity index (χ4v) is 2.00. The topological polar surface area (TPSA) is 22.0 Å². The third kappa shape index (κ3) is 2.67. The number of benzene rings is 1. The monoisotopic (exact) mass is 313 g/mol. The number of nitrogens with zero attached hydrogens (tertiary/aromatic N) is 1. The van der Waals surface area contributed by atoms with Gasteiger partial charge in [-0.25, -0.2) is 0 Å². The quantitative estimate of drug-likeness (QED) is 0.851. The second kappa shape index (κ2) is 5.02. The van der Waals surface area contributed by atoms with E-state index < -0.39 is 18.0 Å². The maximum absolute atomic E-state index is 14.0. The minimum atomic E-state index is -3.08. The highest BCUT2D eigenvalue weighted by Gasteiger charge is 2.32. The van der Waals surface area contributed by atoms with Crippen LogP contribution in [0.4, 0.5) is 8.78 Å². The summed E-state index contributed by atoms with van der Waals surface area (Å²) in [6.07, 6.45) is 1.35. The molecular weight excluding hydrogens is 304 g/mol. The van der Waals surface area contributed by atoms with Gasteiger partial charge in [-0.3, -0.25) is 4.79 Å². The van der Waals surface area contributed by atoms with E-state index in [0.717, 1.165) is 4.57 Å². The predicted octanol–water partition coefficient (Wildman–Crippen LogP) is 3.40. The number of pyridine rings is 1. The van der Waals surface area contributed by atoms with Crippen LogP contribution >= 0.6 is 15.9 Å². The molecule has 0 amide bonds. The van der Waals surface area contributed by atoms with Gasteiger partial charge in [-0.2, -0.15) is 8.78 Å². The van der Waals surface area contributed by atoms with Crippen molar-refractivity contribution in [1.29, 1.82) is 0 Å². The van der Waals surface area contributed by atoms with Gasteiger partial charge >= 0.3 is 0 Å².